The van der Waals surface area contributed by atoms with Gasteiger partial charge in [0.05, 0.1) is 12.8 Å². The lowest BCUT2D eigenvalue weighted by atomic mass is 10.2. The number of nitrogens with one attached hydrogen (secondary N) is 2. The Hall–Kier alpha value is -1.72. The van der Waals surface area contributed by atoms with Gasteiger partial charge in [0, 0.05) is 37.6 Å². The molecule has 0 saturated carbocycles. The van der Waals surface area contributed by atoms with Crippen LogP contribution in [0.25, 0.3) is 0 Å². The van der Waals surface area contributed by atoms with E-state index >= 15 is 0 Å². The van der Waals surface area contributed by atoms with Crippen LogP contribution in [0.5, 0.6) is 0 Å². The molecule has 1 aliphatic heterocycles. The summed E-state index contributed by atoms with van der Waals surface area (Å²) in [6, 6.07) is 0. The van der Waals surface area contributed by atoms with Crippen molar-refractivity contribution in [1.82, 2.24) is 9.80 Å². The SMILES string of the molecule is CC(=N)CC(=O)N1CCN(C(=O)CC(C)=N)CC1. The van der Waals surface area contributed by atoms with Gasteiger partial charge in [0.1, 0.15) is 0 Å². The van der Waals surface area contributed by atoms with Crippen molar-refractivity contribution in [3.63, 3.8) is 0 Å². The predicted octanol–water partition coefficient (Wildman–Crippen LogP) is 0.517. The van der Waals surface area contributed by atoms with Gasteiger partial charge in [0.15, 0.2) is 0 Å². The highest BCUT2D eigenvalue weighted by Crippen LogP contribution is 2.06. The van der Waals surface area contributed by atoms with E-state index in [0.29, 0.717) is 37.6 Å². The summed E-state index contributed by atoms with van der Waals surface area (Å²) in [5, 5.41) is 14.6. The van der Waals surface area contributed by atoms with Crippen LogP contribution in [0.15, 0.2) is 0 Å². The van der Waals surface area contributed by atoms with E-state index in [1.807, 2.05) is 0 Å². The maximum absolute atomic E-state index is 11.7. The first kappa shape index (κ1) is 14.3. The highest BCUT2D eigenvalue weighted by atomic mass is 16.2. The number of hydrogen-bond donors (Lipinski definition) is 2. The highest BCUT2D eigenvalue weighted by molar-refractivity contribution is 5.99. The molecule has 1 heterocycles. The minimum Gasteiger partial charge on any atom is -0.339 e. The lowest BCUT2D eigenvalue weighted by Crippen LogP contribution is -2.51. The van der Waals surface area contributed by atoms with E-state index in [4.69, 9.17) is 10.8 Å². The molecular formula is C12H20N4O2. The van der Waals surface area contributed by atoms with Crippen LogP contribution in [0.1, 0.15) is 26.7 Å². The van der Waals surface area contributed by atoms with Crippen molar-refractivity contribution < 1.29 is 9.59 Å². The number of carbonyl (C=O) groups is 2. The van der Waals surface area contributed by atoms with Crippen molar-refractivity contribution in [3.05, 3.63) is 0 Å². The zero-order valence-corrected chi connectivity index (χ0v) is 11.0. The van der Waals surface area contributed by atoms with Crippen LogP contribution < -0.4 is 0 Å². The molecule has 1 aliphatic rings. The van der Waals surface area contributed by atoms with Gasteiger partial charge in [0.2, 0.25) is 11.8 Å². The van der Waals surface area contributed by atoms with Crippen LogP contribution in [0, 0.1) is 10.8 Å². The van der Waals surface area contributed by atoms with Crippen molar-refractivity contribution in [3.8, 4) is 0 Å². The van der Waals surface area contributed by atoms with Gasteiger partial charge in [-0.05, 0) is 13.8 Å². The molecule has 1 fully saturated rings. The largest absolute Gasteiger partial charge is 0.339 e. The maximum atomic E-state index is 11.7. The fourth-order valence-electron chi connectivity index (χ4n) is 1.88. The quantitative estimate of drug-likeness (QED) is 0.714. The Kier molecular flexibility index (Phi) is 5.00. The number of piperazine rings is 1. The Morgan fingerprint density at radius 2 is 1.11 bits per heavy atom. The molecule has 1 rings (SSSR count). The van der Waals surface area contributed by atoms with Crippen LogP contribution >= 0.6 is 0 Å². The second-order valence-electron chi connectivity index (χ2n) is 4.68. The highest BCUT2D eigenvalue weighted by Gasteiger charge is 2.23. The fourth-order valence-corrected chi connectivity index (χ4v) is 1.88. The summed E-state index contributed by atoms with van der Waals surface area (Å²) in [6.07, 6.45) is 0.321. The number of rotatable bonds is 4. The molecule has 0 atom stereocenters. The Labute approximate surface area is 107 Å². The van der Waals surface area contributed by atoms with Gasteiger partial charge in [0.25, 0.3) is 0 Å². The molecule has 18 heavy (non-hydrogen) atoms. The molecule has 0 unspecified atom stereocenters. The standard InChI is InChI=1S/C12H20N4O2/c1-9(13)7-11(17)15-3-5-16(6-4-15)12(18)8-10(2)14/h13-14H,3-8H2,1-2H3. The molecule has 6 nitrogen and oxygen atoms in total. The number of amides is 2. The van der Waals surface area contributed by atoms with Gasteiger partial charge < -0.3 is 20.6 Å². The Bertz CT molecular complexity index is 334. The second kappa shape index (κ2) is 6.28. The summed E-state index contributed by atoms with van der Waals surface area (Å²) in [5.74, 6) is -0.0873. The van der Waals surface area contributed by atoms with Crippen LogP contribution in [0.2, 0.25) is 0 Å². The third-order valence-corrected chi connectivity index (χ3v) is 2.82. The van der Waals surface area contributed by atoms with Gasteiger partial charge in [-0.15, -0.1) is 0 Å². The minimum absolute atomic E-state index is 0.0437. The summed E-state index contributed by atoms with van der Waals surface area (Å²) < 4.78 is 0. The van der Waals surface area contributed by atoms with E-state index in [9.17, 15) is 9.59 Å². The van der Waals surface area contributed by atoms with Crippen LogP contribution in [0.3, 0.4) is 0 Å². The van der Waals surface area contributed by atoms with E-state index < -0.39 is 0 Å². The molecule has 6 heteroatoms. The Balaban J connectivity index is 2.41. The number of carbonyl (C=O) groups excluding carboxylic acids is 2. The average Bonchev–Trinajstić information content (AvgIpc) is 2.27. The van der Waals surface area contributed by atoms with E-state index in [1.165, 1.54) is 0 Å². The zero-order valence-electron chi connectivity index (χ0n) is 11.0. The third-order valence-electron chi connectivity index (χ3n) is 2.82. The molecule has 1 saturated heterocycles. The molecule has 100 valence electrons. The monoisotopic (exact) mass is 252 g/mol. The van der Waals surface area contributed by atoms with E-state index in [0.717, 1.165) is 0 Å². The number of hydrogen-bond acceptors (Lipinski definition) is 4. The van der Waals surface area contributed by atoms with Gasteiger partial charge in [-0.25, -0.2) is 0 Å². The van der Waals surface area contributed by atoms with Gasteiger partial charge in [-0.1, -0.05) is 0 Å². The van der Waals surface area contributed by atoms with Crippen molar-refractivity contribution in [2.24, 2.45) is 0 Å². The van der Waals surface area contributed by atoms with E-state index in [2.05, 4.69) is 0 Å². The third kappa shape index (κ3) is 4.27. The number of nitrogens with zero attached hydrogens (tertiary/aromatic N) is 2. The van der Waals surface area contributed by atoms with Crippen molar-refractivity contribution in [2.45, 2.75) is 26.7 Å². The topological polar surface area (TPSA) is 88.3 Å². The van der Waals surface area contributed by atoms with Gasteiger partial charge in [-0.2, -0.15) is 0 Å². The first-order valence-corrected chi connectivity index (χ1v) is 6.03. The summed E-state index contributed by atoms with van der Waals surface area (Å²) in [4.78, 5) is 26.8. The van der Waals surface area contributed by atoms with Crippen molar-refractivity contribution in [1.29, 1.82) is 10.8 Å². The molecule has 0 radical (unpaired) electrons. The lowest BCUT2D eigenvalue weighted by Gasteiger charge is -2.34. The molecule has 0 aliphatic carbocycles. The van der Waals surface area contributed by atoms with E-state index in [1.54, 1.807) is 23.6 Å². The lowest BCUT2D eigenvalue weighted by molar-refractivity contribution is -0.138. The normalized spacial score (nSPS) is 15.4. The minimum atomic E-state index is -0.0437. The fraction of sp³-hybridized carbons (Fsp3) is 0.667. The second-order valence-corrected chi connectivity index (χ2v) is 4.68. The Morgan fingerprint density at radius 1 is 0.833 bits per heavy atom. The summed E-state index contributed by atoms with van der Waals surface area (Å²) in [7, 11) is 0. The molecule has 0 aromatic heterocycles. The van der Waals surface area contributed by atoms with Crippen molar-refractivity contribution >= 4 is 23.2 Å². The summed E-state index contributed by atoms with van der Waals surface area (Å²) in [6.45, 7) is 5.32. The maximum Gasteiger partial charge on any atom is 0.228 e. The molecular weight excluding hydrogens is 232 g/mol. The average molecular weight is 252 g/mol. The van der Waals surface area contributed by atoms with Crippen molar-refractivity contribution in [2.75, 3.05) is 26.2 Å². The predicted molar refractivity (Wildman–Crippen MR) is 69.2 cm³/mol. The van der Waals surface area contributed by atoms with E-state index in [-0.39, 0.29) is 24.7 Å². The summed E-state index contributed by atoms with van der Waals surface area (Å²) >= 11 is 0. The Morgan fingerprint density at radius 3 is 1.33 bits per heavy atom. The van der Waals surface area contributed by atoms with Crippen LogP contribution in [-0.4, -0.2) is 59.2 Å². The molecule has 0 aromatic rings. The van der Waals surface area contributed by atoms with Crippen LogP contribution in [0.4, 0.5) is 0 Å². The summed E-state index contributed by atoms with van der Waals surface area (Å²) in [5.41, 5.74) is 0.718. The first-order chi connectivity index (χ1) is 8.40. The zero-order chi connectivity index (χ0) is 13.7. The first-order valence-electron chi connectivity index (χ1n) is 6.03. The molecule has 0 aromatic carbocycles. The smallest absolute Gasteiger partial charge is 0.228 e. The van der Waals surface area contributed by atoms with Gasteiger partial charge in [-0.3, -0.25) is 9.59 Å². The molecule has 0 spiro atoms. The molecule has 2 amide bonds. The molecule has 0 bridgehead atoms. The van der Waals surface area contributed by atoms with Crippen LogP contribution in [-0.2, 0) is 9.59 Å². The van der Waals surface area contributed by atoms with Gasteiger partial charge >= 0.3 is 0 Å². The molecule has 2 N–H and O–H groups in total.